The van der Waals surface area contributed by atoms with Gasteiger partial charge >= 0.3 is 23.0 Å². The van der Waals surface area contributed by atoms with Gasteiger partial charge in [-0.15, -0.1) is 0 Å². The summed E-state index contributed by atoms with van der Waals surface area (Å²) >= 11 is 0. The van der Waals surface area contributed by atoms with Gasteiger partial charge in [0.2, 0.25) is 0 Å². The van der Waals surface area contributed by atoms with Crippen molar-refractivity contribution in [1.29, 1.82) is 0 Å². The van der Waals surface area contributed by atoms with Gasteiger partial charge in [0.05, 0.1) is 24.8 Å². The van der Waals surface area contributed by atoms with Crippen LogP contribution in [0.4, 0.5) is 0 Å². The number of ether oxygens (including phenoxy) is 1. The molecule has 0 saturated carbocycles. The molecule has 0 aliphatic carbocycles. The summed E-state index contributed by atoms with van der Waals surface area (Å²) in [4.78, 5) is 48.6. The first kappa shape index (κ1) is 22.7. The summed E-state index contributed by atoms with van der Waals surface area (Å²) < 4.78 is 6.63. The second-order valence-electron chi connectivity index (χ2n) is 6.59. The van der Waals surface area contributed by atoms with Crippen molar-refractivity contribution in [3.8, 4) is 17.2 Å². The molecule has 2 rings (SSSR count). The number of hydrogen-bond donors (Lipinski definition) is 5. The van der Waals surface area contributed by atoms with Crippen LogP contribution in [0, 0.1) is 0 Å². The predicted molar refractivity (Wildman–Crippen MR) is 99.6 cm³/mol. The number of phenols is 3. The molecule has 0 spiro atoms. The van der Waals surface area contributed by atoms with Crippen molar-refractivity contribution >= 4 is 5.97 Å². The topological polar surface area (TPSA) is 193 Å². The zero-order chi connectivity index (χ0) is 22.7. The second kappa shape index (κ2) is 8.84. The van der Waals surface area contributed by atoms with E-state index in [0.29, 0.717) is 13.7 Å². The smallest absolute Gasteiger partial charge is 0.338 e. The van der Waals surface area contributed by atoms with Crippen LogP contribution in [0.25, 0.3) is 0 Å². The molecule has 0 aliphatic rings. The van der Waals surface area contributed by atoms with Gasteiger partial charge in [-0.2, -0.15) is 0 Å². The molecule has 2 aromatic rings. The third-order valence-corrected chi connectivity index (χ3v) is 4.05. The first-order valence-electron chi connectivity index (χ1n) is 8.62. The van der Waals surface area contributed by atoms with E-state index in [4.69, 9.17) is 4.74 Å². The maximum atomic E-state index is 12.4. The Kier molecular flexibility index (Phi) is 6.69. The minimum Gasteiger partial charge on any atom is -0.504 e. The van der Waals surface area contributed by atoms with Gasteiger partial charge in [-0.3, -0.25) is 0 Å². The lowest BCUT2D eigenvalue weighted by atomic mass is 10.2. The highest BCUT2D eigenvalue weighted by atomic mass is 16.5. The number of hydrogen-bond acceptors (Lipinski definition) is 10. The number of benzene rings is 1. The molecular weight excluding hydrogens is 406 g/mol. The second-order valence-corrected chi connectivity index (χ2v) is 6.59. The average molecular weight is 427 g/mol. The number of aromatic nitrogens is 3. The summed E-state index contributed by atoms with van der Waals surface area (Å²) in [7, 11) is 1.12. The standard InChI is InChI=1S/C17H21N3O10/c1-8(21)5-19-15(27)18(2)16(28)20(17(19)29)6-10(22)7-30-14(26)9-3-11(23)13(25)12(24)4-9/h3-4,8,10,21-25H,5-7H2,1-2H3. The van der Waals surface area contributed by atoms with E-state index in [1.165, 1.54) is 6.92 Å². The lowest BCUT2D eigenvalue weighted by molar-refractivity contribution is 0.0206. The lowest BCUT2D eigenvalue weighted by Crippen LogP contribution is -2.55. The van der Waals surface area contributed by atoms with Gasteiger partial charge < -0.3 is 30.3 Å². The molecule has 2 atom stereocenters. The Balaban J connectivity index is 2.19. The van der Waals surface area contributed by atoms with Gasteiger partial charge in [-0.25, -0.2) is 32.9 Å². The average Bonchev–Trinajstić information content (AvgIpc) is 2.68. The fourth-order valence-electron chi connectivity index (χ4n) is 2.57. The largest absolute Gasteiger partial charge is 0.504 e. The maximum Gasteiger partial charge on any atom is 0.338 e. The van der Waals surface area contributed by atoms with E-state index in [9.17, 15) is 44.7 Å². The van der Waals surface area contributed by atoms with E-state index in [0.717, 1.165) is 19.2 Å². The Hall–Kier alpha value is -3.58. The molecule has 1 aromatic carbocycles. The summed E-state index contributed by atoms with van der Waals surface area (Å²) in [6.07, 6.45) is -2.58. The molecule has 0 amide bonds. The first-order valence-corrected chi connectivity index (χ1v) is 8.62. The number of esters is 1. The SMILES string of the molecule is CC(O)Cn1c(=O)n(C)c(=O)n(CC(O)COC(=O)c2cc(O)c(O)c(O)c2)c1=O. The maximum absolute atomic E-state index is 12.4. The molecule has 13 nitrogen and oxygen atoms in total. The van der Waals surface area contributed by atoms with Crippen LogP contribution in [-0.2, 0) is 24.9 Å². The van der Waals surface area contributed by atoms with Crippen LogP contribution >= 0.6 is 0 Å². The molecule has 0 radical (unpaired) electrons. The molecule has 1 aromatic heterocycles. The summed E-state index contributed by atoms with van der Waals surface area (Å²) in [6, 6.07) is 1.66. The minimum atomic E-state index is -1.53. The summed E-state index contributed by atoms with van der Waals surface area (Å²) in [5.74, 6) is -3.43. The highest BCUT2D eigenvalue weighted by Gasteiger charge is 2.19. The number of phenolic OH excluding ortho intramolecular Hbond substituents is 3. The highest BCUT2D eigenvalue weighted by molar-refractivity contribution is 5.91. The van der Waals surface area contributed by atoms with E-state index in [2.05, 4.69) is 0 Å². The summed E-state index contributed by atoms with van der Waals surface area (Å²) in [6.45, 7) is -0.323. The van der Waals surface area contributed by atoms with Crippen LogP contribution in [0.2, 0.25) is 0 Å². The normalized spacial score (nSPS) is 13.1. The van der Waals surface area contributed by atoms with Gasteiger partial charge in [0.25, 0.3) is 0 Å². The number of aromatic hydroxyl groups is 3. The van der Waals surface area contributed by atoms with Crippen LogP contribution < -0.4 is 17.1 Å². The number of aliphatic hydroxyl groups is 2. The molecular formula is C17H21N3O10. The van der Waals surface area contributed by atoms with Crippen LogP contribution in [0.3, 0.4) is 0 Å². The van der Waals surface area contributed by atoms with Crippen LogP contribution in [0.5, 0.6) is 17.2 Å². The van der Waals surface area contributed by atoms with Crippen molar-refractivity contribution in [2.75, 3.05) is 6.61 Å². The Morgan fingerprint density at radius 3 is 1.97 bits per heavy atom. The molecule has 5 N–H and O–H groups in total. The van der Waals surface area contributed by atoms with Crippen molar-refractivity contribution in [3.05, 3.63) is 49.1 Å². The first-order chi connectivity index (χ1) is 13.9. The molecule has 0 aliphatic heterocycles. The van der Waals surface area contributed by atoms with Crippen molar-refractivity contribution in [1.82, 2.24) is 13.7 Å². The zero-order valence-corrected chi connectivity index (χ0v) is 16.0. The molecule has 0 saturated heterocycles. The van der Waals surface area contributed by atoms with Crippen LogP contribution in [0.1, 0.15) is 17.3 Å². The third-order valence-electron chi connectivity index (χ3n) is 4.05. The Morgan fingerprint density at radius 1 is 0.967 bits per heavy atom. The van der Waals surface area contributed by atoms with Gasteiger partial charge in [0, 0.05) is 7.05 Å². The van der Waals surface area contributed by atoms with Gasteiger partial charge in [0.1, 0.15) is 12.7 Å². The molecule has 0 bridgehead atoms. The molecule has 13 heteroatoms. The quantitative estimate of drug-likeness (QED) is 0.231. The van der Waals surface area contributed by atoms with E-state index in [1.807, 2.05) is 0 Å². The van der Waals surface area contributed by atoms with E-state index in [-0.39, 0.29) is 12.1 Å². The molecule has 164 valence electrons. The third kappa shape index (κ3) is 4.69. The Labute approximate surface area is 167 Å². The van der Waals surface area contributed by atoms with Gasteiger partial charge in [0.15, 0.2) is 17.2 Å². The number of rotatable bonds is 7. The number of aliphatic hydroxyl groups excluding tert-OH is 2. The van der Waals surface area contributed by atoms with E-state index >= 15 is 0 Å². The fraction of sp³-hybridized carbons (Fsp3) is 0.412. The summed E-state index contributed by atoms with van der Waals surface area (Å²) in [5, 5.41) is 47.6. The van der Waals surface area contributed by atoms with Crippen molar-refractivity contribution in [2.24, 2.45) is 7.05 Å². The van der Waals surface area contributed by atoms with Crippen molar-refractivity contribution < 1.29 is 35.1 Å². The number of carbonyl (C=O) groups excluding carboxylic acids is 1. The van der Waals surface area contributed by atoms with Gasteiger partial charge in [-0.1, -0.05) is 0 Å². The van der Waals surface area contributed by atoms with E-state index in [1.54, 1.807) is 0 Å². The Morgan fingerprint density at radius 2 is 1.47 bits per heavy atom. The molecule has 1 heterocycles. The Bertz CT molecular complexity index is 1110. The number of carbonyl (C=O) groups is 1. The zero-order valence-electron chi connectivity index (χ0n) is 16.0. The van der Waals surface area contributed by atoms with Crippen LogP contribution in [-0.4, -0.2) is 64.0 Å². The van der Waals surface area contributed by atoms with E-state index < -0.39 is 65.6 Å². The highest BCUT2D eigenvalue weighted by Crippen LogP contribution is 2.35. The van der Waals surface area contributed by atoms with Crippen LogP contribution in [0.15, 0.2) is 26.5 Å². The minimum absolute atomic E-state index is 0.325. The number of nitrogens with zero attached hydrogens (tertiary/aromatic N) is 3. The lowest BCUT2D eigenvalue weighted by Gasteiger charge is -2.16. The predicted octanol–water partition coefficient (Wildman–Crippen LogP) is -2.58. The molecule has 0 fully saturated rings. The van der Waals surface area contributed by atoms with Crippen molar-refractivity contribution in [2.45, 2.75) is 32.2 Å². The monoisotopic (exact) mass is 427 g/mol. The fourth-order valence-corrected chi connectivity index (χ4v) is 2.57. The summed E-state index contributed by atoms with van der Waals surface area (Å²) in [5.41, 5.74) is -3.32. The molecule has 2 unspecified atom stereocenters. The van der Waals surface area contributed by atoms with Gasteiger partial charge in [-0.05, 0) is 19.1 Å². The van der Waals surface area contributed by atoms with Crippen molar-refractivity contribution in [3.63, 3.8) is 0 Å². The molecule has 30 heavy (non-hydrogen) atoms.